The standard InChI is InChI=1S/C17H26N2OS/c1-17(2,3)21-13-5-7-16(20)19-12-4-6-15(19)14-8-10-18-11-9-14/h8-11,15H,4-7,12-13H2,1-3H3/t15-/m0/s1. The third kappa shape index (κ3) is 5.03. The average Bonchev–Trinajstić information content (AvgIpc) is 2.93. The molecule has 2 rings (SSSR count). The molecule has 0 spiro atoms. The molecular formula is C17H26N2OS. The smallest absolute Gasteiger partial charge is 0.223 e. The maximum Gasteiger partial charge on any atom is 0.223 e. The van der Waals surface area contributed by atoms with E-state index >= 15 is 0 Å². The number of hydrogen-bond acceptors (Lipinski definition) is 3. The molecule has 1 atom stereocenters. The number of likely N-dealkylation sites (tertiary alicyclic amines) is 1. The van der Waals surface area contributed by atoms with E-state index in [-0.39, 0.29) is 10.8 Å². The number of amides is 1. The maximum atomic E-state index is 12.5. The van der Waals surface area contributed by atoms with Gasteiger partial charge in [0.1, 0.15) is 0 Å². The van der Waals surface area contributed by atoms with Crippen LogP contribution in [0.3, 0.4) is 0 Å². The number of carbonyl (C=O) groups excluding carboxylic acids is 1. The summed E-state index contributed by atoms with van der Waals surface area (Å²) in [5, 5.41) is 0. The molecule has 116 valence electrons. The lowest BCUT2D eigenvalue weighted by atomic mass is 10.1. The molecule has 1 aliphatic rings. The fourth-order valence-corrected chi connectivity index (χ4v) is 3.64. The fraction of sp³-hybridized carbons (Fsp3) is 0.647. The van der Waals surface area contributed by atoms with Gasteiger partial charge in [0.25, 0.3) is 0 Å². The highest BCUT2D eigenvalue weighted by atomic mass is 32.2. The molecule has 0 unspecified atom stereocenters. The molecule has 4 heteroatoms. The van der Waals surface area contributed by atoms with Gasteiger partial charge < -0.3 is 4.90 Å². The summed E-state index contributed by atoms with van der Waals surface area (Å²) in [5.41, 5.74) is 1.22. The van der Waals surface area contributed by atoms with Gasteiger partial charge in [0.05, 0.1) is 6.04 Å². The van der Waals surface area contributed by atoms with Gasteiger partial charge in [-0.15, -0.1) is 0 Å². The van der Waals surface area contributed by atoms with Crippen LogP contribution in [0.25, 0.3) is 0 Å². The number of carbonyl (C=O) groups is 1. The van der Waals surface area contributed by atoms with Gasteiger partial charge in [0.15, 0.2) is 0 Å². The summed E-state index contributed by atoms with van der Waals surface area (Å²) in [4.78, 5) is 18.6. The highest BCUT2D eigenvalue weighted by Crippen LogP contribution is 2.32. The lowest BCUT2D eigenvalue weighted by molar-refractivity contribution is -0.132. The fourth-order valence-electron chi connectivity index (χ4n) is 2.74. The molecule has 0 aliphatic carbocycles. The minimum absolute atomic E-state index is 0.260. The van der Waals surface area contributed by atoms with E-state index in [2.05, 4.69) is 30.7 Å². The zero-order valence-electron chi connectivity index (χ0n) is 13.3. The second kappa shape index (κ2) is 7.30. The molecule has 1 saturated heterocycles. The number of nitrogens with zero attached hydrogens (tertiary/aromatic N) is 2. The van der Waals surface area contributed by atoms with Gasteiger partial charge in [-0.2, -0.15) is 11.8 Å². The minimum Gasteiger partial charge on any atom is -0.336 e. The van der Waals surface area contributed by atoms with Gasteiger partial charge >= 0.3 is 0 Å². The van der Waals surface area contributed by atoms with Crippen LogP contribution in [0.1, 0.15) is 58.1 Å². The van der Waals surface area contributed by atoms with Crippen molar-refractivity contribution in [1.29, 1.82) is 0 Å². The summed E-state index contributed by atoms with van der Waals surface area (Å²) in [7, 11) is 0. The van der Waals surface area contributed by atoms with E-state index in [1.54, 1.807) is 0 Å². The minimum atomic E-state index is 0.260. The van der Waals surface area contributed by atoms with Crippen LogP contribution in [0.5, 0.6) is 0 Å². The van der Waals surface area contributed by atoms with E-state index < -0.39 is 0 Å². The Morgan fingerprint density at radius 3 is 2.76 bits per heavy atom. The van der Waals surface area contributed by atoms with E-state index in [9.17, 15) is 4.79 Å². The van der Waals surface area contributed by atoms with Crippen LogP contribution in [-0.2, 0) is 4.79 Å². The number of thioether (sulfide) groups is 1. The van der Waals surface area contributed by atoms with Crippen molar-refractivity contribution in [3.8, 4) is 0 Å². The summed E-state index contributed by atoms with van der Waals surface area (Å²) in [5.74, 6) is 1.37. The zero-order valence-corrected chi connectivity index (χ0v) is 14.2. The van der Waals surface area contributed by atoms with Gasteiger partial charge in [0.2, 0.25) is 5.91 Å². The molecule has 1 aliphatic heterocycles. The number of rotatable bonds is 5. The van der Waals surface area contributed by atoms with Crippen molar-refractivity contribution in [2.45, 2.75) is 57.2 Å². The van der Waals surface area contributed by atoms with Gasteiger partial charge in [-0.25, -0.2) is 0 Å². The quantitative estimate of drug-likeness (QED) is 0.769. The monoisotopic (exact) mass is 306 g/mol. The Kier molecular flexibility index (Phi) is 5.68. The molecule has 0 N–H and O–H groups in total. The molecule has 0 radical (unpaired) electrons. The molecule has 1 amide bonds. The lowest BCUT2D eigenvalue weighted by Crippen LogP contribution is -2.30. The van der Waals surface area contributed by atoms with Gasteiger partial charge in [-0.3, -0.25) is 9.78 Å². The number of hydrogen-bond donors (Lipinski definition) is 0. The van der Waals surface area contributed by atoms with E-state index in [1.165, 1.54) is 5.56 Å². The number of aromatic nitrogens is 1. The Labute approximate surface area is 132 Å². The van der Waals surface area contributed by atoms with Crippen LogP contribution in [0.4, 0.5) is 0 Å². The van der Waals surface area contributed by atoms with Crippen molar-refractivity contribution in [1.82, 2.24) is 9.88 Å². The third-order valence-electron chi connectivity index (χ3n) is 3.73. The van der Waals surface area contributed by atoms with Crippen LogP contribution in [0.15, 0.2) is 24.5 Å². The van der Waals surface area contributed by atoms with E-state index in [0.717, 1.165) is 31.6 Å². The van der Waals surface area contributed by atoms with Gasteiger partial charge in [-0.1, -0.05) is 20.8 Å². The van der Waals surface area contributed by atoms with E-state index in [4.69, 9.17) is 0 Å². The van der Waals surface area contributed by atoms with Crippen LogP contribution in [0.2, 0.25) is 0 Å². The van der Waals surface area contributed by atoms with Gasteiger partial charge in [0, 0.05) is 30.1 Å². The summed E-state index contributed by atoms with van der Waals surface area (Å²) < 4.78 is 0.288. The topological polar surface area (TPSA) is 33.2 Å². The van der Waals surface area contributed by atoms with Crippen LogP contribution < -0.4 is 0 Å². The first kappa shape index (κ1) is 16.3. The molecule has 0 saturated carbocycles. The summed E-state index contributed by atoms with van der Waals surface area (Å²) in [6.45, 7) is 7.57. The van der Waals surface area contributed by atoms with Crippen molar-refractivity contribution >= 4 is 17.7 Å². The first-order chi connectivity index (χ1) is 9.97. The van der Waals surface area contributed by atoms with Gasteiger partial charge in [-0.05, 0) is 42.7 Å². The van der Waals surface area contributed by atoms with Crippen molar-refractivity contribution < 1.29 is 4.79 Å². The molecule has 1 aromatic heterocycles. The Morgan fingerprint density at radius 2 is 2.10 bits per heavy atom. The Morgan fingerprint density at radius 1 is 1.38 bits per heavy atom. The molecular weight excluding hydrogens is 280 g/mol. The third-order valence-corrected chi connectivity index (χ3v) is 5.09. The Hall–Kier alpha value is -1.03. The predicted octanol–water partition coefficient (Wildman–Crippen LogP) is 4.06. The maximum absolute atomic E-state index is 12.5. The molecule has 2 heterocycles. The zero-order chi connectivity index (χ0) is 15.3. The van der Waals surface area contributed by atoms with Crippen molar-refractivity contribution in [2.75, 3.05) is 12.3 Å². The van der Waals surface area contributed by atoms with Crippen LogP contribution in [-0.4, -0.2) is 32.8 Å². The average molecular weight is 306 g/mol. The molecule has 21 heavy (non-hydrogen) atoms. The van der Waals surface area contributed by atoms with Crippen LogP contribution in [0, 0.1) is 0 Å². The predicted molar refractivity (Wildman–Crippen MR) is 89.4 cm³/mol. The van der Waals surface area contributed by atoms with Crippen LogP contribution >= 0.6 is 11.8 Å². The second-order valence-electron chi connectivity index (χ2n) is 6.59. The molecule has 1 aromatic rings. The Bertz CT molecular complexity index is 456. The SMILES string of the molecule is CC(C)(C)SCCCC(=O)N1CCC[C@H]1c1ccncc1. The lowest BCUT2D eigenvalue weighted by Gasteiger charge is -2.25. The van der Waals surface area contributed by atoms with Crippen molar-refractivity contribution in [3.63, 3.8) is 0 Å². The van der Waals surface area contributed by atoms with E-state index in [1.807, 2.05) is 36.3 Å². The summed E-state index contributed by atoms with van der Waals surface area (Å²) >= 11 is 1.94. The summed E-state index contributed by atoms with van der Waals surface area (Å²) in [6.07, 6.45) is 7.46. The van der Waals surface area contributed by atoms with E-state index in [0.29, 0.717) is 12.3 Å². The molecule has 1 fully saturated rings. The second-order valence-corrected chi connectivity index (χ2v) is 8.51. The van der Waals surface area contributed by atoms with Crippen molar-refractivity contribution in [2.24, 2.45) is 0 Å². The highest BCUT2D eigenvalue weighted by molar-refractivity contribution is 8.00. The normalized spacial score (nSPS) is 19.0. The summed E-state index contributed by atoms with van der Waals surface area (Å²) in [6, 6.07) is 4.33. The largest absolute Gasteiger partial charge is 0.336 e. The Balaban J connectivity index is 1.84. The van der Waals surface area contributed by atoms with Crippen molar-refractivity contribution in [3.05, 3.63) is 30.1 Å². The molecule has 0 bridgehead atoms. The number of pyridine rings is 1. The molecule has 0 aromatic carbocycles. The highest BCUT2D eigenvalue weighted by Gasteiger charge is 2.29. The first-order valence-electron chi connectivity index (χ1n) is 7.81. The first-order valence-corrected chi connectivity index (χ1v) is 8.79. The molecule has 3 nitrogen and oxygen atoms in total.